The second kappa shape index (κ2) is 4.96. The van der Waals surface area contributed by atoms with Crippen LogP contribution in [-0.4, -0.2) is 12.9 Å². The first-order chi connectivity index (χ1) is 8.63. The molecule has 0 bridgehead atoms. The van der Waals surface area contributed by atoms with Gasteiger partial charge in [0.25, 0.3) is 0 Å². The summed E-state index contributed by atoms with van der Waals surface area (Å²) in [5.74, 6) is -1.79. The van der Waals surface area contributed by atoms with Gasteiger partial charge in [-0.15, -0.1) is 0 Å². The highest BCUT2D eigenvalue weighted by Gasteiger charge is 2.17. The number of carbonyl (C=O) groups excluding carboxylic acids is 1. The van der Waals surface area contributed by atoms with Crippen LogP contribution in [0, 0.1) is 11.6 Å². The van der Waals surface area contributed by atoms with Gasteiger partial charge in [0.05, 0.1) is 18.2 Å². The molecule has 0 aliphatic carbocycles. The molecule has 0 saturated carbocycles. The van der Waals surface area contributed by atoms with Crippen LogP contribution in [0.1, 0.15) is 15.9 Å². The van der Waals surface area contributed by atoms with E-state index in [0.29, 0.717) is 11.8 Å². The van der Waals surface area contributed by atoms with Gasteiger partial charge < -0.3 is 4.74 Å². The van der Waals surface area contributed by atoms with Gasteiger partial charge in [-0.3, -0.25) is 4.79 Å². The van der Waals surface area contributed by atoms with E-state index in [-0.39, 0.29) is 11.1 Å². The minimum absolute atomic E-state index is 0.180. The summed E-state index contributed by atoms with van der Waals surface area (Å²) in [4.78, 5) is 12.1. The lowest BCUT2D eigenvalue weighted by Gasteiger charge is -2.07. The third-order valence-electron chi connectivity index (χ3n) is 2.53. The number of rotatable bonds is 3. The zero-order valence-electron chi connectivity index (χ0n) is 9.61. The quantitative estimate of drug-likeness (QED) is 0.780. The van der Waals surface area contributed by atoms with Crippen molar-refractivity contribution in [3.8, 4) is 5.75 Å². The van der Waals surface area contributed by atoms with Gasteiger partial charge in [-0.1, -0.05) is 12.1 Å². The summed E-state index contributed by atoms with van der Waals surface area (Å²) in [6.45, 7) is 0. The zero-order valence-corrected chi connectivity index (χ0v) is 9.61. The van der Waals surface area contributed by atoms with Gasteiger partial charge in [0.1, 0.15) is 17.4 Å². The Bertz CT molecular complexity index is 594. The summed E-state index contributed by atoms with van der Waals surface area (Å²) < 4.78 is 31.3. The first-order valence-corrected chi connectivity index (χ1v) is 5.26. The largest absolute Gasteiger partial charge is 0.496 e. The fraction of sp³-hybridized carbons (Fsp3) is 0.0714. The van der Waals surface area contributed by atoms with Gasteiger partial charge in [-0.2, -0.15) is 0 Å². The fourth-order valence-electron chi connectivity index (χ4n) is 1.65. The van der Waals surface area contributed by atoms with Crippen LogP contribution in [-0.2, 0) is 0 Å². The highest BCUT2D eigenvalue weighted by atomic mass is 19.1. The van der Waals surface area contributed by atoms with Gasteiger partial charge in [0.15, 0.2) is 5.78 Å². The molecule has 2 aromatic carbocycles. The molecule has 0 heterocycles. The van der Waals surface area contributed by atoms with E-state index in [1.54, 1.807) is 18.2 Å². The maximum Gasteiger partial charge on any atom is 0.199 e. The topological polar surface area (TPSA) is 26.3 Å². The van der Waals surface area contributed by atoms with Crippen molar-refractivity contribution < 1.29 is 18.3 Å². The number of halogens is 2. The van der Waals surface area contributed by atoms with Crippen molar-refractivity contribution in [1.29, 1.82) is 0 Å². The Hall–Kier alpha value is -2.23. The van der Waals surface area contributed by atoms with Gasteiger partial charge >= 0.3 is 0 Å². The molecule has 0 atom stereocenters. The second-order valence-corrected chi connectivity index (χ2v) is 3.65. The predicted octanol–water partition coefficient (Wildman–Crippen LogP) is 3.20. The van der Waals surface area contributed by atoms with Crippen LogP contribution in [0.25, 0.3) is 0 Å². The van der Waals surface area contributed by atoms with Crippen LogP contribution in [0.15, 0.2) is 42.5 Å². The van der Waals surface area contributed by atoms with E-state index < -0.39 is 17.4 Å². The number of hydrogen-bond acceptors (Lipinski definition) is 2. The molecule has 2 rings (SSSR count). The van der Waals surface area contributed by atoms with E-state index in [1.165, 1.54) is 13.2 Å². The Balaban J connectivity index is 2.48. The number of methoxy groups -OCH3 is 1. The highest BCUT2D eigenvalue weighted by molar-refractivity contribution is 6.10. The predicted molar refractivity (Wildman–Crippen MR) is 62.8 cm³/mol. The molecule has 0 fully saturated rings. The highest BCUT2D eigenvalue weighted by Crippen LogP contribution is 2.22. The van der Waals surface area contributed by atoms with E-state index in [9.17, 15) is 13.6 Å². The van der Waals surface area contributed by atoms with Crippen molar-refractivity contribution in [2.75, 3.05) is 7.11 Å². The van der Waals surface area contributed by atoms with Crippen molar-refractivity contribution in [1.82, 2.24) is 0 Å². The van der Waals surface area contributed by atoms with E-state index in [4.69, 9.17) is 4.74 Å². The minimum atomic E-state index is -0.883. The van der Waals surface area contributed by atoms with Crippen molar-refractivity contribution in [2.24, 2.45) is 0 Å². The molecule has 0 amide bonds. The fourth-order valence-corrected chi connectivity index (χ4v) is 1.65. The summed E-state index contributed by atoms with van der Waals surface area (Å²) >= 11 is 0. The van der Waals surface area contributed by atoms with Crippen LogP contribution in [0.5, 0.6) is 5.75 Å². The zero-order chi connectivity index (χ0) is 13.1. The molecule has 0 saturated heterocycles. The van der Waals surface area contributed by atoms with Crippen molar-refractivity contribution in [2.45, 2.75) is 0 Å². The van der Waals surface area contributed by atoms with Crippen molar-refractivity contribution in [3.05, 3.63) is 65.2 Å². The summed E-state index contributed by atoms with van der Waals surface area (Å²) in [6.07, 6.45) is 0. The van der Waals surface area contributed by atoms with Gasteiger partial charge in [0.2, 0.25) is 0 Å². The first-order valence-electron chi connectivity index (χ1n) is 5.26. The number of ketones is 1. The van der Waals surface area contributed by atoms with Crippen LogP contribution < -0.4 is 4.74 Å². The lowest BCUT2D eigenvalue weighted by atomic mass is 10.0. The molecule has 18 heavy (non-hydrogen) atoms. The molecule has 4 heteroatoms. The smallest absolute Gasteiger partial charge is 0.199 e. The average Bonchev–Trinajstić information content (AvgIpc) is 2.38. The van der Waals surface area contributed by atoms with Crippen LogP contribution in [0.3, 0.4) is 0 Å². The number of ether oxygens (including phenoxy) is 1. The Morgan fingerprint density at radius 3 is 2.44 bits per heavy atom. The number of carbonyl (C=O) groups is 1. The molecule has 0 aliphatic rings. The monoisotopic (exact) mass is 248 g/mol. The summed E-state index contributed by atoms with van der Waals surface area (Å²) in [6, 6.07) is 9.35. The third kappa shape index (κ3) is 2.22. The second-order valence-electron chi connectivity index (χ2n) is 3.65. The Labute approximate surface area is 103 Å². The van der Waals surface area contributed by atoms with Gasteiger partial charge in [-0.25, -0.2) is 8.78 Å². The number of hydrogen-bond donors (Lipinski definition) is 0. The van der Waals surface area contributed by atoms with Gasteiger partial charge in [0, 0.05) is 6.07 Å². The van der Waals surface area contributed by atoms with Crippen molar-refractivity contribution >= 4 is 5.78 Å². The molecule has 0 aliphatic heterocycles. The molecule has 0 unspecified atom stereocenters. The summed E-state index contributed by atoms with van der Waals surface area (Å²) in [7, 11) is 1.42. The lowest BCUT2D eigenvalue weighted by molar-refractivity contribution is 0.103. The van der Waals surface area contributed by atoms with Crippen LogP contribution >= 0.6 is 0 Å². The van der Waals surface area contributed by atoms with E-state index in [1.807, 2.05) is 0 Å². The van der Waals surface area contributed by atoms with E-state index in [2.05, 4.69) is 0 Å². The molecule has 92 valence electrons. The summed E-state index contributed by atoms with van der Waals surface area (Å²) in [5, 5.41) is 0. The Morgan fingerprint density at radius 2 is 1.78 bits per heavy atom. The molecule has 2 nitrogen and oxygen atoms in total. The first kappa shape index (κ1) is 12.2. The Morgan fingerprint density at radius 1 is 1.06 bits per heavy atom. The third-order valence-corrected chi connectivity index (χ3v) is 2.53. The van der Waals surface area contributed by atoms with Crippen molar-refractivity contribution in [3.63, 3.8) is 0 Å². The maximum atomic E-state index is 13.5. The van der Waals surface area contributed by atoms with Crippen LogP contribution in [0.4, 0.5) is 8.78 Å². The van der Waals surface area contributed by atoms with E-state index >= 15 is 0 Å². The maximum absolute atomic E-state index is 13.5. The summed E-state index contributed by atoms with van der Waals surface area (Å²) in [5.41, 5.74) is 0.0615. The normalized spacial score (nSPS) is 10.2. The average molecular weight is 248 g/mol. The lowest BCUT2D eigenvalue weighted by Crippen LogP contribution is -2.06. The number of para-hydroxylation sites is 1. The molecule has 0 aromatic heterocycles. The SMILES string of the molecule is COc1ccccc1C(=O)c1ccc(F)cc1F. The molecule has 0 N–H and O–H groups in total. The van der Waals surface area contributed by atoms with E-state index in [0.717, 1.165) is 12.1 Å². The van der Waals surface area contributed by atoms with Crippen LogP contribution in [0.2, 0.25) is 0 Å². The number of benzene rings is 2. The molecule has 2 aromatic rings. The standard InChI is InChI=1S/C14H10F2O2/c1-18-13-5-3-2-4-11(13)14(17)10-7-6-9(15)8-12(10)16/h2-8H,1H3. The molecule has 0 radical (unpaired) electrons. The molecular formula is C14H10F2O2. The minimum Gasteiger partial charge on any atom is -0.496 e. The Kier molecular flexibility index (Phi) is 3.37. The molecular weight excluding hydrogens is 238 g/mol. The molecule has 0 spiro atoms. The van der Waals surface area contributed by atoms with Gasteiger partial charge in [-0.05, 0) is 24.3 Å².